The monoisotopic (exact) mass is 485 g/mol. The third kappa shape index (κ3) is 5.44. The molecular weight excluding hydrogens is 467 g/mol. The zero-order valence-corrected chi connectivity index (χ0v) is 17.9. The van der Waals surface area contributed by atoms with Crippen LogP contribution in [0, 0.1) is 0 Å². The van der Waals surface area contributed by atoms with Crippen LogP contribution in [0.3, 0.4) is 0 Å². The van der Waals surface area contributed by atoms with Gasteiger partial charge in [-0.2, -0.15) is 13.2 Å². The molecule has 0 radical (unpaired) electrons. The van der Waals surface area contributed by atoms with E-state index in [-0.39, 0.29) is 29.1 Å². The summed E-state index contributed by atoms with van der Waals surface area (Å²) < 4.78 is 56.4. The van der Waals surface area contributed by atoms with Crippen molar-refractivity contribution in [3.63, 3.8) is 0 Å². The maximum atomic E-state index is 13.7. The molecule has 7 nitrogen and oxygen atoms in total. The quantitative estimate of drug-likeness (QED) is 0.298. The molecule has 0 bridgehead atoms. The molecule has 10 heteroatoms. The lowest BCUT2D eigenvalue weighted by Crippen LogP contribution is -2.36. The van der Waals surface area contributed by atoms with Crippen molar-refractivity contribution in [1.29, 1.82) is 0 Å². The van der Waals surface area contributed by atoms with Crippen LogP contribution in [0.5, 0.6) is 23.0 Å². The number of fused-ring (bicyclic) bond motifs is 1. The number of halogens is 3. The fourth-order valence-corrected chi connectivity index (χ4v) is 3.27. The SMILES string of the molecule is NC(Cc1ccc(O)cc1)C(=O)Oc1ccc2c(=O)c(Oc3ccccc3)c(C(F)(F)F)oc2c1. The molecule has 4 aromatic rings. The molecule has 4 rings (SSSR count). The van der Waals surface area contributed by atoms with E-state index in [2.05, 4.69) is 0 Å². The number of hydrogen-bond donors (Lipinski definition) is 2. The van der Waals surface area contributed by atoms with Gasteiger partial charge in [0.15, 0.2) is 0 Å². The first-order valence-corrected chi connectivity index (χ1v) is 10.3. The molecule has 1 unspecified atom stereocenters. The Morgan fingerprint density at radius 1 is 1.00 bits per heavy atom. The van der Waals surface area contributed by atoms with Gasteiger partial charge in [0.1, 0.15) is 28.9 Å². The molecule has 0 aliphatic rings. The molecule has 0 fully saturated rings. The summed E-state index contributed by atoms with van der Waals surface area (Å²) in [7, 11) is 0. The van der Waals surface area contributed by atoms with Crippen molar-refractivity contribution in [2.75, 3.05) is 0 Å². The Bertz CT molecular complexity index is 1420. The highest BCUT2D eigenvalue weighted by Crippen LogP contribution is 2.38. The van der Waals surface area contributed by atoms with Gasteiger partial charge in [0.05, 0.1) is 5.39 Å². The first kappa shape index (κ1) is 23.8. The first-order valence-electron chi connectivity index (χ1n) is 10.3. The summed E-state index contributed by atoms with van der Waals surface area (Å²) >= 11 is 0. The molecular formula is C25H18F3NO6. The number of aromatic hydroxyl groups is 1. The molecule has 0 aliphatic heterocycles. The average Bonchev–Trinajstić information content (AvgIpc) is 2.82. The lowest BCUT2D eigenvalue weighted by molar-refractivity contribution is -0.154. The normalized spacial score (nSPS) is 12.3. The van der Waals surface area contributed by atoms with Crippen LogP contribution < -0.4 is 20.6 Å². The standard InChI is InChI=1S/C25H18F3NO6/c26-25(27,28)23-22(33-16-4-2-1-3-5-16)21(31)18-11-10-17(13-20(18)35-23)34-24(32)19(29)12-14-6-8-15(30)9-7-14/h1-11,13,19,30H,12,29H2. The molecule has 0 amide bonds. The summed E-state index contributed by atoms with van der Waals surface area (Å²) in [6.07, 6.45) is -4.93. The predicted molar refractivity (Wildman–Crippen MR) is 119 cm³/mol. The molecule has 0 aliphatic carbocycles. The highest BCUT2D eigenvalue weighted by atomic mass is 19.4. The number of ether oxygens (including phenoxy) is 2. The maximum absolute atomic E-state index is 13.7. The van der Waals surface area contributed by atoms with E-state index in [9.17, 15) is 27.9 Å². The smallest absolute Gasteiger partial charge is 0.453 e. The van der Waals surface area contributed by atoms with Crippen LogP contribution in [0.2, 0.25) is 0 Å². The molecule has 35 heavy (non-hydrogen) atoms. The van der Waals surface area contributed by atoms with Gasteiger partial charge in [-0.15, -0.1) is 0 Å². The van der Waals surface area contributed by atoms with E-state index in [1.807, 2.05) is 0 Å². The summed E-state index contributed by atoms with van der Waals surface area (Å²) in [5.41, 5.74) is 5.05. The highest BCUT2D eigenvalue weighted by Gasteiger charge is 2.40. The van der Waals surface area contributed by atoms with Crippen LogP contribution in [0.4, 0.5) is 13.2 Å². The lowest BCUT2D eigenvalue weighted by Gasteiger charge is -2.14. The van der Waals surface area contributed by atoms with Gasteiger partial charge in [-0.1, -0.05) is 30.3 Å². The zero-order chi connectivity index (χ0) is 25.2. The Kier molecular flexibility index (Phi) is 6.48. The Morgan fingerprint density at radius 3 is 2.34 bits per heavy atom. The fourth-order valence-electron chi connectivity index (χ4n) is 3.27. The van der Waals surface area contributed by atoms with Crippen LogP contribution in [0.1, 0.15) is 11.3 Å². The van der Waals surface area contributed by atoms with E-state index < -0.39 is 40.7 Å². The first-order chi connectivity index (χ1) is 16.6. The largest absolute Gasteiger partial charge is 0.508 e. The molecule has 0 saturated heterocycles. The minimum Gasteiger partial charge on any atom is -0.508 e. The van der Waals surface area contributed by atoms with Crippen LogP contribution in [0.15, 0.2) is 82.0 Å². The number of nitrogens with two attached hydrogens (primary N) is 1. The van der Waals surface area contributed by atoms with E-state index in [0.717, 1.165) is 6.07 Å². The number of carbonyl (C=O) groups is 1. The molecule has 0 saturated carbocycles. The second-order valence-electron chi connectivity index (χ2n) is 7.56. The van der Waals surface area contributed by atoms with Gasteiger partial charge in [-0.25, -0.2) is 4.79 Å². The van der Waals surface area contributed by atoms with Gasteiger partial charge >= 0.3 is 12.1 Å². The molecule has 3 aromatic carbocycles. The summed E-state index contributed by atoms with van der Waals surface area (Å²) in [5.74, 6) is -3.55. The predicted octanol–water partition coefficient (Wildman–Crippen LogP) is 4.79. The molecule has 0 spiro atoms. The van der Waals surface area contributed by atoms with Crippen molar-refractivity contribution in [2.24, 2.45) is 5.73 Å². The second-order valence-corrected chi connectivity index (χ2v) is 7.56. The number of benzene rings is 3. The van der Waals surface area contributed by atoms with Crippen LogP contribution in [-0.2, 0) is 17.4 Å². The van der Waals surface area contributed by atoms with E-state index in [4.69, 9.17) is 19.6 Å². The van der Waals surface area contributed by atoms with E-state index in [1.165, 1.54) is 48.5 Å². The van der Waals surface area contributed by atoms with Gasteiger partial charge in [-0.3, -0.25) is 4.79 Å². The van der Waals surface area contributed by atoms with E-state index in [1.54, 1.807) is 18.2 Å². The zero-order valence-electron chi connectivity index (χ0n) is 17.9. The number of phenolic OH excluding ortho intramolecular Hbond substituents is 1. The number of esters is 1. The maximum Gasteiger partial charge on any atom is 0.453 e. The number of rotatable bonds is 6. The summed E-state index contributed by atoms with van der Waals surface area (Å²) in [4.78, 5) is 25.2. The van der Waals surface area contributed by atoms with E-state index in [0.29, 0.717) is 5.56 Å². The third-order valence-corrected chi connectivity index (χ3v) is 4.96. The van der Waals surface area contributed by atoms with E-state index >= 15 is 0 Å². The molecule has 1 aromatic heterocycles. The number of alkyl halides is 3. The van der Waals surface area contributed by atoms with Gasteiger partial charge in [0.2, 0.25) is 11.2 Å². The van der Waals surface area contributed by atoms with Gasteiger partial charge in [-0.05, 0) is 48.4 Å². The van der Waals surface area contributed by atoms with Gasteiger partial charge in [0, 0.05) is 6.07 Å². The molecule has 1 atom stereocenters. The summed E-state index contributed by atoms with van der Waals surface area (Å²) in [6, 6.07) is 15.9. The number of hydrogen-bond acceptors (Lipinski definition) is 7. The van der Waals surface area contributed by atoms with Crippen LogP contribution in [-0.4, -0.2) is 17.1 Å². The van der Waals surface area contributed by atoms with Crippen molar-refractivity contribution < 1.29 is 37.0 Å². The van der Waals surface area contributed by atoms with Crippen molar-refractivity contribution in [2.45, 2.75) is 18.6 Å². The van der Waals surface area contributed by atoms with Crippen molar-refractivity contribution in [3.05, 3.63) is 94.3 Å². The van der Waals surface area contributed by atoms with Crippen LogP contribution in [0.25, 0.3) is 11.0 Å². The summed E-state index contributed by atoms with van der Waals surface area (Å²) in [5, 5.41) is 9.13. The Balaban J connectivity index is 1.63. The minimum absolute atomic E-state index is 0.0258. The number of para-hydroxylation sites is 1. The topological polar surface area (TPSA) is 112 Å². The van der Waals surface area contributed by atoms with Gasteiger partial charge < -0.3 is 24.7 Å². The van der Waals surface area contributed by atoms with Crippen molar-refractivity contribution >= 4 is 16.9 Å². The summed E-state index contributed by atoms with van der Waals surface area (Å²) in [6.45, 7) is 0. The number of carbonyl (C=O) groups excluding carboxylic acids is 1. The molecule has 1 heterocycles. The molecule has 3 N–H and O–H groups in total. The van der Waals surface area contributed by atoms with Crippen molar-refractivity contribution in [3.8, 4) is 23.0 Å². The lowest BCUT2D eigenvalue weighted by atomic mass is 10.1. The number of phenols is 1. The fraction of sp³-hybridized carbons (Fsp3) is 0.120. The van der Waals surface area contributed by atoms with Crippen LogP contribution >= 0.6 is 0 Å². The Labute approximate surface area is 196 Å². The molecule has 180 valence electrons. The second kappa shape index (κ2) is 9.51. The Morgan fingerprint density at radius 2 is 1.69 bits per heavy atom. The minimum atomic E-state index is -5.03. The third-order valence-electron chi connectivity index (χ3n) is 4.96. The average molecular weight is 485 g/mol. The van der Waals surface area contributed by atoms with Gasteiger partial charge in [0.25, 0.3) is 5.76 Å². The Hall–Kier alpha value is -4.31. The highest BCUT2D eigenvalue weighted by molar-refractivity contribution is 5.83. The van der Waals surface area contributed by atoms with Crippen molar-refractivity contribution in [1.82, 2.24) is 0 Å².